The van der Waals surface area contributed by atoms with Crippen molar-refractivity contribution in [1.29, 1.82) is 0 Å². The molecule has 0 aliphatic carbocycles. The number of methoxy groups -OCH3 is 1. The average molecular weight is 481 g/mol. The maximum Gasteiger partial charge on any atom is 0.329 e. The second kappa shape index (κ2) is 12.0. The molecule has 0 heterocycles. The number of hydrogen-bond acceptors (Lipinski definition) is 6. The van der Waals surface area contributed by atoms with Gasteiger partial charge in [-0.2, -0.15) is 5.10 Å². The van der Waals surface area contributed by atoms with Crippen molar-refractivity contribution in [1.82, 2.24) is 5.43 Å². The van der Waals surface area contributed by atoms with Crippen molar-refractivity contribution in [3.63, 3.8) is 0 Å². The van der Waals surface area contributed by atoms with E-state index in [1.165, 1.54) is 6.21 Å². The van der Waals surface area contributed by atoms with Crippen molar-refractivity contribution in [3.8, 4) is 11.5 Å². The van der Waals surface area contributed by atoms with E-state index >= 15 is 0 Å². The van der Waals surface area contributed by atoms with E-state index in [9.17, 15) is 14.4 Å². The summed E-state index contributed by atoms with van der Waals surface area (Å²) in [5.74, 6) is -1.09. The van der Waals surface area contributed by atoms with Crippen LogP contribution < -0.4 is 25.5 Å². The molecule has 3 aromatic rings. The standard InChI is InChI=1S/C24H21ClN4O5/c1-33-18-11-9-17(10-12-18)27-22(30)15-34-19-6-4-5-16(13-19)14-26-29-24(32)23(31)28-21-8-3-2-7-20(21)25/h2-14H,15H2,1H3,(H,27,30)(H,28,31)(H,29,32)/b26-14-. The van der Waals surface area contributed by atoms with Gasteiger partial charge in [-0.05, 0) is 54.1 Å². The summed E-state index contributed by atoms with van der Waals surface area (Å²) in [7, 11) is 1.56. The van der Waals surface area contributed by atoms with Crippen LogP contribution in [-0.4, -0.2) is 37.7 Å². The summed E-state index contributed by atoms with van der Waals surface area (Å²) in [6.45, 7) is -0.203. The first-order chi connectivity index (χ1) is 16.4. The lowest BCUT2D eigenvalue weighted by atomic mass is 10.2. The highest BCUT2D eigenvalue weighted by atomic mass is 35.5. The van der Waals surface area contributed by atoms with Gasteiger partial charge in [-0.1, -0.05) is 35.9 Å². The Bertz CT molecular complexity index is 1200. The first kappa shape index (κ1) is 24.3. The van der Waals surface area contributed by atoms with Crippen LogP contribution in [0.4, 0.5) is 11.4 Å². The zero-order valence-corrected chi connectivity index (χ0v) is 18.8. The molecular formula is C24H21ClN4O5. The van der Waals surface area contributed by atoms with Gasteiger partial charge >= 0.3 is 11.8 Å². The quantitative estimate of drug-likeness (QED) is 0.259. The fourth-order valence-electron chi connectivity index (χ4n) is 2.66. The number of hydrogen-bond donors (Lipinski definition) is 3. The first-order valence-electron chi connectivity index (χ1n) is 10.0. The maximum atomic E-state index is 12.1. The molecule has 0 aliphatic heterocycles. The van der Waals surface area contributed by atoms with Crippen molar-refractivity contribution < 1.29 is 23.9 Å². The topological polar surface area (TPSA) is 118 Å². The minimum Gasteiger partial charge on any atom is -0.497 e. The minimum absolute atomic E-state index is 0.203. The van der Waals surface area contributed by atoms with Crippen LogP contribution in [0, 0.1) is 0 Å². The van der Waals surface area contributed by atoms with Gasteiger partial charge in [0.1, 0.15) is 11.5 Å². The number of carbonyl (C=O) groups is 3. The molecule has 3 aromatic carbocycles. The fourth-order valence-corrected chi connectivity index (χ4v) is 2.85. The normalized spacial score (nSPS) is 10.4. The van der Waals surface area contributed by atoms with Gasteiger partial charge in [0.05, 0.1) is 24.0 Å². The Morgan fingerprint density at radius 3 is 2.41 bits per heavy atom. The third kappa shape index (κ3) is 7.35. The second-order valence-electron chi connectivity index (χ2n) is 6.77. The Morgan fingerprint density at radius 1 is 0.912 bits per heavy atom. The van der Waals surface area contributed by atoms with E-state index in [0.717, 1.165) is 0 Å². The molecule has 0 aliphatic rings. The maximum absolute atomic E-state index is 12.1. The molecule has 174 valence electrons. The van der Waals surface area contributed by atoms with E-state index in [-0.39, 0.29) is 12.5 Å². The van der Waals surface area contributed by atoms with E-state index in [1.807, 2.05) is 0 Å². The Hall–Kier alpha value is -4.37. The van der Waals surface area contributed by atoms with Crippen LogP contribution in [0.25, 0.3) is 0 Å². The molecule has 0 saturated carbocycles. The molecule has 0 saturated heterocycles. The number of anilines is 2. The zero-order chi connectivity index (χ0) is 24.3. The van der Waals surface area contributed by atoms with Gasteiger partial charge < -0.3 is 20.1 Å². The average Bonchev–Trinajstić information content (AvgIpc) is 2.85. The number of nitrogens with one attached hydrogen (secondary N) is 3. The van der Waals surface area contributed by atoms with Crippen LogP contribution in [0.3, 0.4) is 0 Å². The lowest BCUT2D eigenvalue weighted by Gasteiger charge is -2.08. The molecule has 0 radical (unpaired) electrons. The predicted molar refractivity (Wildman–Crippen MR) is 129 cm³/mol. The Kier molecular flexibility index (Phi) is 8.59. The first-order valence-corrected chi connectivity index (χ1v) is 10.4. The van der Waals surface area contributed by atoms with E-state index in [2.05, 4.69) is 21.2 Å². The van der Waals surface area contributed by atoms with E-state index in [1.54, 1.807) is 79.9 Å². The summed E-state index contributed by atoms with van der Waals surface area (Å²) < 4.78 is 10.6. The number of amides is 3. The van der Waals surface area contributed by atoms with Crippen LogP contribution in [0.1, 0.15) is 5.56 Å². The number of rotatable bonds is 8. The number of nitrogens with zero attached hydrogens (tertiary/aromatic N) is 1. The number of para-hydroxylation sites is 1. The van der Waals surface area contributed by atoms with Crippen molar-refractivity contribution >= 4 is 46.9 Å². The number of carbonyl (C=O) groups excluding carboxylic acids is 3. The highest BCUT2D eigenvalue weighted by Gasteiger charge is 2.14. The van der Waals surface area contributed by atoms with Gasteiger partial charge in [0.15, 0.2) is 6.61 Å². The minimum atomic E-state index is -0.959. The molecule has 0 aromatic heterocycles. The molecule has 34 heavy (non-hydrogen) atoms. The summed E-state index contributed by atoms with van der Waals surface area (Å²) in [5, 5.41) is 9.19. The van der Waals surface area contributed by atoms with Crippen molar-refractivity contribution in [2.45, 2.75) is 0 Å². The molecule has 3 N–H and O–H groups in total. The number of hydrazone groups is 1. The van der Waals surface area contributed by atoms with Crippen molar-refractivity contribution in [3.05, 3.63) is 83.4 Å². The highest BCUT2D eigenvalue weighted by molar-refractivity contribution is 6.41. The molecule has 0 atom stereocenters. The summed E-state index contributed by atoms with van der Waals surface area (Å²) in [4.78, 5) is 36.0. The van der Waals surface area contributed by atoms with Crippen LogP contribution in [0.2, 0.25) is 5.02 Å². The van der Waals surface area contributed by atoms with Crippen molar-refractivity contribution in [2.24, 2.45) is 5.10 Å². The van der Waals surface area contributed by atoms with Gasteiger partial charge in [0.2, 0.25) is 0 Å². The van der Waals surface area contributed by atoms with E-state index < -0.39 is 11.8 Å². The number of benzene rings is 3. The summed E-state index contributed by atoms with van der Waals surface area (Å²) in [6, 6.07) is 20.2. The molecular weight excluding hydrogens is 460 g/mol. The Labute approximate surface area is 200 Å². The molecule has 0 bridgehead atoms. The molecule has 0 fully saturated rings. The Balaban J connectivity index is 1.47. The van der Waals surface area contributed by atoms with Gasteiger partial charge in [-0.25, -0.2) is 5.43 Å². The van der Waals surface area contributed by atoms with Gasteiger partial charge in [-0.3, -0.25) is 14.4 Å². The van der Waals surface area contributed by atoms with Gasteiger partial charge in [0, 0.05) is 5.69 Å². The van der Waals surface area contributed by atoms with Gasteiger partial charge in [-0.15, -0.1) is 0 Å². The fraction of sp³-hybridized carbons (Fsp3) is 0.0833. The summed E-state index contributed by atoms with van der Waals surface area (Å²) in [6.07, 6.45) is 1.34. The van der Waals surface area contributed by atoms with Crippen LogP contribution >= 0.6 is 11.6 Å². The Morgan fingerprint density at radius 2 is 1.68 bits per heavy atom. The molecule has 0 spiro atoms. The predicted octanol–water partition coefficient (Wildman–Crippen LogP) is 3.45. The van der Waals surface area contributed by atoms with E-state index in [4.69, 9.17) is 21.1 Å². The monoisotopic (exact) mass is 480 g/mol. The van der Waals surface area contributed by atoms with E-state index in [0.29, 0.717) is 33.5 Å². The van der Waals surface area contributed by atoms with Crippen LogP contribution in [0.5, 0.6) is 11.5 Å². The smallest absolute Gasteiger partial charge is 0.329 e. The lowest BCUT2D eigenvalue weighted by Crippen LogP contribution is -2.32. The largest absolute Gasteiger partial charge is 0.497 e. The van der Waals surface area contributed by atoms with Crippen LogP contribution in [-0.2, 0) is 14.4 Å². The summed E-state index contributed by atoms with van der Waals surface area (Å²) in [5.41, 5.74) is 3.65. The molecule has 0 unspecified atom stereocenters. The summed E-state index contributed by atoms with van der Waals surface area (Å²) >= 11 is 5.95. The number of ether oxygens (including phenoxy) is 2. The third-order valence-electron chi connectivity index (χ3n) is 4.31. The molecule has 10 heteroatoms. The number of halogens is 1. The SMILES string of the molecule is COc1ccc(NC(=O)COc2cccc(/C=N\NC(=O)C(=O)Nc3ccccc3Cl)c2)cc1. The van der Waals surface area contributed by atoms with Crippen molar-refractivity contribution in [2.75, 3.05) is 24.4 Å². The third-order valence-corrected chi connectivity index (χ3v) is 4.64. The second-order valence-corrected chi connectivity index (χ2v) is 7.18. The lowest BCUT2D eigenvalue weighted by molar-refractivity contribution is -0.136. The highest BCUT2D eigenvalue weighted by Crippen LogP contribution is 2.20. The zero-order valence-electron chi connectivity index (χ0n) is 18.1. The van der Waals surface area contributed by atoms with Gasteiger partial charge in [0.25, 0.3) is 5.91 Å². The molecule has 3 amide bonds. The molecule has 9 nitrogen and oxygen atoms in total. The molecule has 3 rings (SSSR count). The van der Waals surface area contributed by atoms with Crippen LogP contribution in [0.15, 0.2) is 77.9 Å².